The summed E-state index contributed by atoms with van der Waals surface area (Å²) in [7, 11) is 4.12. The number of hydrogen-bond acceptors (Lipinski definition) is 2. The molecule has 2 amide bonds. The fraction of sp³-hybridized carbons (Fsp3) is 0.526. The van der Waals surface area contributed by atoms with Crippen molar-refractivity contribution in [1.29, 1.82) is 0 Å². The molecule has 0 atom stereocenters. The molecule has 126 valence electrons. The first kappa shape index (κ1) is 17.5. The predicted molar refractivity (Wildman–Crippen MR) is 95.2 cm³/mol. The molecule has 1 aliphatic carbocycles. The monoisotopic (exact) mass is 315 g/mol. The lowest BCUT2D eigenvalue weighted by Gasteiger charge is -2.13. The van der Waals surface area contributed by atoms with Gasteiger partial charge in [0.05, 0.1) is 0 Å². The minimum absolute atomic E-state index is 0.0845. The van der Waals surface area contributed by atoms with Crippen molar-refractivity contribution in [2.45, 2.75) is 45.2 Å². The quantitative estimate of drug-likeness (QED) is 0.757. The summed E-state index contributed by atoms with van der Waals surface area (Å²) in [5, 5.41) is 5.86. The fourth-order valence-electron chi connectivity index (χ4n) is 2.84. The second-order valence-corrected chi connectivity index (χ2v) is 6.52. The largest absolute Gasteiger partial charge is 0.338 e. The van der Waals surface area contributed by atoms with Crippen LogP contribution in [0.1, 0.15) is 43.2 Å². The van der Waals surface area contributed by atoms with Gasteiger partial charge in [-0.15, -0.1) is 0 Å². The summed E-state index contributed by atoms with van der Waals surface area (Å²) in [6.45, 7) is 2.22. The smallest absolute Gasteiger partial charge is 0.315 e. The molecule has 0 aromatic heterocycles. The Morgan fingerprint density at radius 1 is 1.09 bits per heavy atom. The van der Waals surface area contributed by atoms with E-state index in [1.165, 1.54) is 36.8 Å². The Kier molecular flexibility index (Phi) is 7.14. The molecule has 4 heteroatoms. The van der Waals surface area contributed by atoms with Crippen LogP contribution < -0.4 is 10.6 Å². The Hall–Kier alpha value is -1.81. The molecule has 23 heavy (non-hydrogen) atoms. The summed E-state index contributed by atoms with van der Waals surface area (Å²) in [6, 6.07) is 8.30. The van der Waals surface area contributed by atoms with E-state index in [0.29, 0.717) is 6.54 Å². The van der Waals surface area contributed by atoms with Gasteiger partial charge in [-0.25, -0.2) is 4.79 Å². The topological polar surface area (TPSA) is 44.4 Å². The van der Waals surface area contributed by atoms with Gasteiger partial charge < -0.3 is 15.5 Å². The van der Waals surface area contributed by atoms with Crippen molar-refractivity contribution in [2.75, 3.05) is 20.6 Å². The maximum Gasteiger partial charge on any atom is 0.315 e. The van der Waals surface area contributed by atoms with Crippen LogP contribution in [0.4, 0.5) is 4.79 Å². The van der Waals surface area contributed by atoms with E-state index in [4.69, 9.17) is 0 Å². The second kappa shape index (κ2) is 9.36. The maximum atomic E-state index is 11.8. The summed E-state index contributed by atoms with van der Waals surface area (Å²) in [5.74, 6) is 0. The number of nitrogens with zero attached hydrogens (tertiary/aromatic N) is 1. The number of amides is 2. The van der Waals surface area contributed by atoms with Crippen molar-refractivity contribution in [1.82, 2.24) is 15.5 Å². The van der Waals surface area contributed by atoms with E-state index in [1.54, 1.807) is 0 Å². The molecule has 1 aliphatic rings. The number of carbonyl (C=O) groups excluding carboxylic acids is 1. The van der Waals surface area contributed by atoms with E-state index < -0.39 is 0 Å². The number of carbonyl (C=O) groups is 1. The van der Waals surface area contributed by atoms with Gasteiger partial charge in [0.25, 0.3) is 0 Å². The Balaban J connectivity index is 1.64. The second-order valence-electron chi connectivity index (χ2n) is 6.52. The van der Waals surface area contributed by atoms with E-state index in [0.717, 1.165) is 25.1 Å². The van der Waals surface area contributed by atoms with Crippen molar-refractivity contribution >= 4 is 6.03 Å². The van der Waals surface area contributed by atoms with Gasteiger partial charge in [0, 0.05) is 19.6 Å². The molecule has 1 aromatic rings. The van der Waals surface area contributed by atoms with E-state index in [1.807, 2.05) is 0 Å². The summed E-state index contributed by atoms with van der Waals surface area (Å²) in [4.78, 5) is 14.0. The number of allylic oxidation sites excluding steroid dienone is 1. The molecule has 0 aliphatic heterocycles. The van der Waals surface area contributed by atoms with Crippen LogP contribution in [0.15, 0.2) is 35.9 Å². The average Bonchev–Trinajstić information content (AvgIpc) is 2.55. The summed E-state index contributed by atoms with van der Waals surface area (Å²) in [6.07, 6.45) is 8.31. The highest BCUT2D eigenvalue weighted by Gasteiger charge is 2.05. The number of urea groups is 1. The number of hydrogen-bond donors (Lipinski definition) is 2. The minimum Gasteiger partial charge on any atom is -0.338 e. The third-order valence-corrected chi connectivity index (χ3v) is 4.09. The number of nitrogens with one attached hydrogen (secondary N) is 2. The van der Waals surface area contributed by atoms with Crippen LogP contribution in [-0.2, 0) is 13.1 Å². The molecule has 2 N–H and O–H groups in total. The van der Waals surface area contributed by atoms with Crippen LogP contribution in [0.25, 0.3) is 0 Å². The Labute approximate surface area is 140 Å². The van der Waals surface area contributed by atoms with Gasteiger partial charge in [0.15, 0.2) is 0 Å². The lowest BCUT2D eigenvalue weighted by atomic mass is 9.97. The third-order valence-electron chi connectivity index (χ3n) is 4.09. The molecule has 0 saturated carbocycles. The predicted octanol–water partition coefficient (Wildman–Crippen LogP) is 3.44. The fourth-order valence-corrected chi connectivity index (χ4v) is 2.84. The highest BCUT2D eigenvalue weighted by Crippen LogP contribution is 2.19. The zero-order valence-electron chi connectivity index (χ0n) is 14.4. The molecule has 4 nitrogen and oxygen atoms in total. The van der Waals surface area contributed by atoms with Crippen molar-refractivity contribution < 1.29 is 4.79 Å². The van der Waals surface area contributed by atoms with E-state index >= 15 is 0 Å². The number of rotatable bonds is 7. The van der Waals surface area contributed by atoms with Gasteiger partial charge in [-0.05, 0) is 57.3 Å². The van der Waals surface area contributed by atoms with Crippen LogP contribution in [0, 0.1) is 0 Å². The molecular formula is C19H29N3O. The zero-order chi connectivity index (χ0) is 16.5. The Morgan fingerprint density at radius 3 is 2.48 bits per heavy atom. The van der Waals surface area contributed by atoms with E-state index in [9.17, 15) is 4.79 Å². The molecule has 0 spiro atoms. The normalized spacial score (nSPS) is 14.5. The molecular weight excluding hydrogens is 286 g/mol. The highest BCUT2D eigenvalue weighted by atomic mass is 16.2. The highest BCUT2D eigenvalue weighted by molar-refractivity contribution is 5.73. The van der Waals surface area contributed by atoms with Crippen LogP contribution in [0.2, 0.25) is 0 Å². The van der Waals surface area contributed by atoms with Crippen molar-refractivity contribution in [3.05, 3.63) is 47.0 Å². The lowest BCUT2D eigenvalue weighted by Crippen LogP contribution is -2.35. The van der Waals surface area contributed by atoms with Gasteiger partial charge in [0.2, 0.25) is 0 Å². The molecule has 0 unspecified atom stereocenters. The van der Waals surface area contributed by atoms with E-state index in [2.05, 4.69) is 60.0 Å². The van der Waals surface area contributed by atoms with Crippen molar-refractivity contribution in [3.8, 4) is 0 Å². The van der Waals surface area contributed by atoms with E-state index in [-0.39, 0.29) is 6.03 Å². The standard InChI is InChI=1S/C19H29N3O/c1-22(2)15-18-10-8-17(9-11-18)14-21-19(23)20-13-12-16-6-4-3-5-7-16/h6,8-11H,3-5,7,12-15H2,1-2H3,(H2,20,21,23). The molecule has 2 rings (SSSR count). The molecule has 0 heterocycles. The minimum atomic E-state index is -0.0845. The first-order valence-corrected chi connectivity index (χ1v) is 8.55. The van der Waals surface area contributed by atoms with Gasteiger partial charge in [-0.1, -0.05) is 35.9 Å². The molecule has 1 aromatic carbocycles. The first-order valence-electron chi connectivity index (χ1n) is 8.55. The Morgan fingerprint density at radius 2 is 1.83 bits per heavy atom. The molecule has 0 radical (unpaired) electrons. The summed E-state index contributed by atoms with van der Waals surface area (Å²) < 4.78 is 0. The van der Waals surface area contributed by atoms with Crippen molar-refractivity contribution in [3.63, 3.8) is 0 Å². The average molecular weight is 315 g/mol. The lowest BCUT2D eigenvalue weighted by molar-refractivity contribution is 0.240. The molecule has 0 bridgehead atoms. The van der Waals surface area contributed by atoms with Gasteiger partial charge >= 0.3 is 6.03 Å². The molecule has 0 saturated heterocycles. The van der Waals surface area contributed by atoms with Gasteiger partial charge in [0.1, 0.15) is 0 Å². The van der Waals surface area contributed by atoms with Crippen LogP contribution in [0.5, 0.6) is 0 Å². The SMILES string of the molecule is CN(C)Cc1ccc(CNC(=O)NCCC2=CCCCC2)cc1. The summed E-state index contributed by atoms with van der Waals surface area (Å²) >= 11 is 0. The summed E-state index contributed by atoms with van der Waals surface area (Å²) in [5.41, 5.74) is 3.90. The van der Waals surface area contributed by atoms with Crippen LogP contribution in [0.3, 0.4) is 0 Å². The number of benzene rings is 1. The first-order chi connectivity index (χ1) is 11.1. The van der Waals surface area contributed by atoms with Crippen LogP contribution in [-0.4, -0.2) is 31.6 Å². The maximum absolute atomic E-state index is 11.8. The third kappa shape index (κ3) is 6.87. The van der Waals surface area contributed by atoms with Gasteiger partial charge in [-0.2, -0.15) is 0 Å². The van der Waals surface area contributed by atoms with Crippen molar-refractivity contribution in [2.24, 2.45) is 0 Å². The van der Waals surface area contributed by atoms with Crippen LogP contribution >= 0.6 is 0 Å². The Bertz CT molecular complexity index is 520. The zero-order valence-corrected chi connectivity index (χ0v) is 14.4. The van der Waals surface area contributed by atoms with Gasteiger partial charge in [-0.3, -0.25) is 0 Å². The molecule has 0 fully saturated rings.